The first-order valence-corrected chi connectivity index (χ1v) is 10.3. The van der Waals surface area contributed by atoms with Gasteiger partial charge in [0, 0.05) is 29.2 Å². The summed E-state index contributed by atoms with van der Waals surface area (Å²) < 4.78 is 2.94. The number of nitrogens with zero attached hydrogens (tertiary/aromatic N) is 4. The number of aromatic nitrogens is 4. The van der Waals surface area contributed by atoms with E-state index in [1.165, 1.54) is 29.2 Å². The molecule has 1 amide bonds. The minimum absolute atomic E-state index is 0.137. The highest BCUT2D eigenvalue weighted by Gasteiger charge is 2.20. The number of thiazole rings is 1. The minimum Gasteiger partial charge on any atom is -0.345 e. The molecule has 0 spiro atoms. The molecule has 2 heterocycles. The van der Waals surface area contributed by atoms with Crippen LogP contribution in [0.4, 0.5) is 5.69 Å². The second-order valence-electron chi connectivity index (χ2n) is 5.67. The van der Waals surface area contributed by atoms with Gasteiger partial charge in [0.1, 0.15) is 0 Å². The molecule has 2 aromatic heterocycles. The lowest BCUT2D eigenvalue weighted by atomic mass is 10.2. The molecule has 0 atom stereocenters. The lowest BCUT2D eigenvalue weighted by Gasteiger charge is -2.07. The van der Waals surface area contributed by atoms with Crippen LogP contribution in [0.3, 0.4) is 0 Å². The van der Waals surface area contributed by atoms with Crippen molar-refractivity contribution in [3.8, 4) is 0 Å². The third kappa shape index (κ3) is 4.46. The van der Waals surface area contributed by atoms with Crippen molar-refractivity contribution in [3.05, 3.63) is 55.5 Å². The van der Waals surface area contributed by atoms with Crippen molar-refractivity contribution in [3.63, 3.8) is 0 Å². The van der Waals surface area contributed by atoms with E-state index >= 15 is 0 Å². The van der Waals surface area contributed by atoms with E-state index in [0.717, 1.165) is 5.69 Å². The molecule has 0 unspecified atom stereocenters. The van der Waals surface area contributed by atoms with Crippen LogP contribution in [0.25, 0.3) is 0 Å². The molecule has 0 saturated carbocycles. The van der Waals surface area contributed by atoms with Gasteiger partial charge in [0.05, 0.1) is 16.4 Å². The van der Waals surface area contributed by atoms with Gasteiger partial charge in [-0.25, -0.2) is 4.98 Å². The molecular formula is C16H16N6O3S3. The van der Waals surface area contributed by atoms with Crippen molar-refractivity contribution >= 4 is 46.9 Å². The van der Waals surface area contributed by atoms with E-state index in [9.17, 15) is 14.9 Å². The third-order valence-electron chi connectivity index (χ3n) is 3.77. The molecule has 0 bridgehead atoms. The fourth-order valence-corrected chi connectivity index (χ4v) is 4.59. The molecule has 9 nitrogen and oxygen atoms in total. The van der Waals surface area contributed by atoms with Crippen LogP contribution < -0.4 is 5.32 Å². The summed E-state index contributed by atoms with van der Waals surface area (Å²) in [6, 6.07) is 4.40. The first kappa shape index (κ1) is 20.2. The lowest BCUT2D eigenvalue weighted by Crippen LogP contribution is -2.24. The van der Waals surface area contributed by atoms with Crippen molar-refractivity contribution in [1.82, 2.24) is 25.1 Å². The van der Waals surface area contributed by atoms with Crippen LogP contribution >= 0.6 is 35.3 Å². The molecule has 0 radical (unpaired) electrons. The summed E-state index contributed by atoms with van der Waals surface area (Å²) in [5.41, 5.74) is 0.918. The Morgan fingerprint density at radius 2 is 2.29 bits per heavy atom. The quantitative estimate of drug-likeness (QED) is 0.329. The fraction of sp³-hybridized carbons (Fsp3) is 0.250. The van der Waals surface area contributed by atoms with Crippen LogP contribution in [0.1, 0.15) is 28.8 Å². The van der Waals surface area contributed by atoms with Crippen LogP contribution in [-0.4, -0.2) is 30.6 Å². The zero-order chi connectivity index (χ0) is 20.3. The maximum Gasteiger partial charge on any atom is 0.284 e. The first-order chi connectivity index (χ1) is 13.4. The molecule has 0 aliphatic heterocycles. The molecule has 0 aliphatic rings. The Balaban J connectivity index is 1.77. The number of nitro groups is 1. The topological polar surface area (TPSA) is 119 Å². The van der Waals surface area contributed by atoms with Gasteiger partial charge < -0.3 is 9.88 Å². The van der Waals surface area contributed by atoms with Gasteiger partial charge in [-0.15, -0.1) is 11.3 Å². The molecule has 28 heavy (non-hydrogen) atoms. The van der Waals surface area contributed by atoms with E-state index in [-0.39, 0.29) is 17.8 Å². The Kier molecular flexibility index (Phi) is 6.21. The molecule has 146 valence electrons. The van der Waals surface area contributed by atoms with Crippen LogP contribution in [0.2, 0.25) is 0 Å². The molecule has 1 aromatic carbocycles. The van der Waals surface area contributed by atoms with Crippen molar-refractivity contribution in [1.29, 1.82) is 0 Å². The second-order valence-corrected chi connectivity index (χ2v) is 8.20. The number of rotatable bonds is 7. The van der Waals surface area contributed by atoms with Gasteiger partial charge in [-0.1, -0.05) is 11.8 Å². The molecule has 2 N–H and O–H groups in total. The number of carbonyl (C=O) groups is 1. The number of hydrogen-bond acceptors (Lipinski definition) is 8. The van der Waals surface area contributed by atoms with Gasteiger partial charge in [-0.3, -0.25) is 20.0 Å². The predicted molar refractivity (Wildman–Crippen MR) is 108 cm³/mol. The highest BCUT2D eigenvalue weighted by atomic mass is 32.2. The number of nitro benzene ring substituents is 1. The van der Waals surface area contributed by atoms with Crippen molar-refractivity contribution in [2.24, 2.45) is 0 Å². The number of amides is 1. The summed E-state index contributed by atoms with van der Waals surface area (Å²) in [7, 11) is 0. The number of aromatic amines is 1. The smallest absolute Gasteiger partial charge is 0.284 e. The predicted octanol–water partition coefficient (Wildman–Crippen LogP) is 3.71. The molecule has 3 rings (SSSR count). The lowest BCUT2D eigenvalue weighted by molar-refractivity contribution is -0.387. The Morgan fingerprint density at radius 3 is 2.93 bits per heavy atom. The van der Waals surface area contributed by atoms with Crippen LogP contribution in [-0.2, 0) is 13.1 Å². The van der Waals surface area contributed by atoms with E-state index in [0.29, 0.717) is 26.4 Å². The zero-order valence-corrected chi connectivity index (χ0v) is 17.4. The van der Waals surface area contributed by atoms with Gasteiger partial charge in [0.25, 0.3) is 11.6 Å². The third-order valence-corrected chi connectivity index (χ3v) is 6.21. The van der Waals surface area contributed by atoms with Crippen molar-refractivity contribution in [2.45, 2.75) is 36.2 Å². The molecule has 0 aliphatic carbocycles. The zero-order valence-electron chi connectivity index (χ0n) is 15.0. The van der Waals surface area contributed by atoms with Crippen LogP contribution in [0.5, 0.6) is 0 Å². The average molecular weight is 437 g/mol. The normalized spacial score (nSPS) is 10.8. The highest BCUT2D eigenvalue weighted by Crippen LogP contribution is 2.36. The maximum absolute atomic E-state index is 12.4. The average Bonchev–Trinajstić information content (AvgIpc) is 3.24. The number of carbonyl (C=O) groups excluding carboxylic acids is 1. The first-order valence-electron chi connectivity index (χ1n) is 8.19. The summed E-state index contributed by atoms with van der Waals surface area (Å²) in [5, 5.41) is 22.8. The summed E-state index contributed by atoms with van der Waals surface area (Å²) in [4.78, 5) is 28.2. The molecular weight excluding hydrogens is 420 g/mol. The molecule has 0 fully saturated rings. The van der Waals surface area contributed by atoms with Gasteiger partial charge in [-0.05, 0) is 38.2 Å². The van der Waals surface area contributed by atoms with E-state index in [4.69, 9.17) is 12.2 Å². The highest BCUT2D eigenvalue weighted by molar-refractivity contribution is 8.01. The van der Waals surface area contributed by atoms with Crippen molar-refractivity contribution in [2.75, 3.05) is 0 Å². The second kappa shape index (κ2) is 8.63. The van der Waals surface area contributed by atoms with E-state index in [1.54, 1.807) is 16.7 Å². The number of hydrogen-bond donors (Lipinski definition) is 2. The van der Waals surface area contributed by atoms with Crippen molar-refractivity contribution < 1.29 is 9.72 Å². The van der Waals surface area contributed by atoms with Gasteiger partial charge in [-0.2, -0.15) is 5.10 Å². The number of H-pyrrole nitrogens is 1. The minimum atomic E-state index is -0.498. The largest absolute Gasteiger partial charge is 0.345 e. The van der Waals surface area contributed by atoms with E-state index < -0.39 is 10.8 Å². The number of aryl methyl sites for hydroxylation is 1. The fourth-order valence-electron chi connectivity index (χ4n) is 2.43. The monoisotopic (exact) mass is 436 g/mol. The molecule has 3 aromatic rings. The van der Waals surface area contributed by atoms with Crippen LogP contribution in [0.15, 0.2) is 32.8 Å². The standard InChI is InChI=1S/C16H16N6O3S3/c1-3-21-13(19-20-15(21)26)7-17-14(23)10-4-5-12(11(6-10)22(24)25)28-16-18-9(2)8-27-16/h4-6,8H,3,7H2,1-2H3,(H,17,23)(H,20,26). The Hall–Kier alpha value is -2.57. The summed E-state index contributed by atoms with van der Waals surface area (Å²) in [5.74, 6) is 0.156. The van der Waals surface area contributed by atoms with Gasteiger partial charge in [0.2, 0.25) is 0 Å². The Labute approximate surface area is 173 Å². The van der Waals surface area contributed by atoms with E-state index in [1.807, 2.05) is 19.2 Å². The summed E-state index contributed by atoms with van der Waals surface area (Å²) >= 11 is 7.73. The van der Waals surface area contributed by atoms with Crippen LogP contribution in [0, 0.1) is 21.8 Å². The number of nitrogens with one attached hydrogen (secondary N) is 2. The van der Waals surface area contributed by atoms with Gasteiger partial charge >= 0.3 is 0 Å². The molecule has 0 saturated heterocycles. The molecule has 12 heteroatoms. The number of benzene rings is 1. The summed E-state index contributed by atoms with van der Waals surface area (Å²) in [6.07, 6.45) is 0. The van der Waals surface area contributed by atoms with Gasteiger partial charge in [0.15, 0.2) is 14.9 Å². The Bertz CT molecular complexity index is 1090. The maximum atomic E-state index is 12.4. The summed E-state index contributed by atoms with van der Waals surface area (Å²) in [6.45, 7) is 4.55. The Morgan fingerprint density at radius 1 is 1.50 bits per heavy atom. The SMILES string of the molecule is CCn1c(CNC(=O)c2ccc(Sc3nc(C)cs3)c([N+](=O)[O-])c2)n[nH]c1=S. The van der Waals surface area contributed by atoms with E-state index in [2.05, 4.69) is 20.5 Å².